The van der Waals surface area contributed by atoms with Crippen LogP contribution >= 0.6 is 0 Å². The molecule has 78 valence electrons. The Balaban J connectivity index is 2.15. The minimum atomic E-state index is 0.614. The van der Waals surface area contributed by atoms with Gasteiger partial charge in [-0.05, 0) is 31.2 Å². The number of nitriles is 1. The zero-order chi connectivity index (χ0) is 10.7. The fourth-order valence-electron chi connectivity index (χ4n) is 1.87. The van der Waals surface area contributed by atoms with Gasteiger partial charge in [-0.25, -0.2) is 0 Å². The van der Waals surface area contributed by atoms with E-state index >= 15 is 0 Å². The predicted molar refractivity (Wildman–Crippen MR) is 60.8 cm³/mol. The highest BCUT2D eigenvalue weighted by Gasteiger charge is 2.23. The quantitative estimate of drug-likeness (QED) is 0.802. The molecule has 1 saturated heterocycles. The number of likely N-dealkylation sites (N-methyl/N-ethyl adjacent to an activating group) is 1. The molecule has 1 N–H and O–H groups in total. The van der Waals surface area contributed by atoms with Gasteiger partial charge in [0.2, 0.25) is 0 Å². The van der Waals surface area contributed by atoms with E-state index in [0.717, 1.165) is 25.2 Å². The van der Waals surface area contributed by atoms with Gasteiger partial charge in [0.1, 0.15) is 0 Å². The molecule has 1 aromatic carbocycles. The number of anilines is 1. The summed E-state index contributed by atoms with van der Waals surface area (Å²) in [4.78, 5) is 2.37. The first-order valence-electron chi connectivity index (χ1n) is 5.32. The Morgan fingerprint density at radius 1 is 1.40 bits per heavy atom. The highest BCUT2D eigenvalue weighted by atomic mass is 15.2. The molecular formula is C12H15N3. The van der Waals surface area contributed by atoms with Gasteiger partial charge in [0.25, 0.3) is 0 Å². The van der Waals surface area contributed by atoms with Gasteiger partial charge in [-0.3, -0.25) is 0 Å². The van der Waals surface area contributed by atoms with Crippen LogP contribution < -0.4 is 10.2 Å². The molecule has 0 atom stereocenters. The van der Waals surface area contributed by atoms with E-state index in [1.54, 1.807) is 0 Å². The Bertz CT molecular complexity index is 359. The summed E-state index contributed by atoms with van der Waals surface area (Å²) in [5, 5.41) is 12.0. The van der Waals surface area contributed by atoms with Gasteiger partial charge in [-0.15, -0.1) is 0 Å². The summed E-state index contributed by atoms with van der Waals surface area (Å²) in [7, 11) is 0. The van der Waals surface area contributed by atoms with Crippen LogP contribution in [0.2, 0.25) is 0 Å². The summed E-state index contributed by atoms with van der Waals surface area (Å²) in [6.45, 7) is 5.30. The maximum Gasteiger partial charge on any atom is 0.0991 e. The summed E-state index contributed by atoms with van der Waals surface area (Å²) in [5.74, 6) is 0. The van der Waals surface area contributed by atoms with Gasteiger partial charge in [0.05, 0.1) is 17.7 Å². The minimum Gasteiger partial charge on any atom is -0.366 e. The van der Waals surface area contributed by atoms with Crippen molar-refractivity contribution in [2.45, 2.75) is 13.0 Å². The van der Waals surface area contributed by atoms with Gasteiger partial charge >= 0.3 is 0 Å². The zero-order valence-corrected chi connectivity index (χ0v) is 8.90. The number of benzene rings is 1. The number of hydrogen-bond donors (Lipinski definition) is 1. The second-order valence-corrected chi connectivity index (χ2v) is 3.76. The second kappa shape index (κ2) is 4.33. The maximum absolute atomic E-state index is 8.72. The van der Waals surface area contributed by atoms with Crippen LogP contribution in [0, 0.1) is 11.3 Å². The van der Waals surface area contributed by atoms with Crippen LogP contribution in [-0.4, -0.2) is 25.7 Å². The van der Waals surface area contributed by atoms with Crippen molar-refractivity contribution in [2.24, 2.45) is 0 Å². The van der Waals surface area contributed by atoms with Crippen LogP contribution in [0.4, 0.5) is 5.69 Å². The molecule has 2 rings (SSSR count). The van der Waals surface area contributed by atoms with Crippen molar-refractivity contribution < 1.29 is 0 Å². The van der Waals surface area contributed by atoms with E-state index in [9.17, 15) is 0 Å². The summed E-state index contributed by atoms with van der Waals surface area (Å²) in [6.07, 6.45) is 0. The maximum atomic E-state index is 8.72. The molecule has 15 heavy (non-hydrogen) atoms. The first-order chi connectivity index (χ1) is 7.35. The topological polar surface area (TPSA) is 39.1 Å². The van der Waals surface area contributed by atoms with Gasteiger partial charge in [0.15, 0.2) is 0 Å². The molecule has 1 fully saturated rings. The Morgan fingerprint density at radius 2 is 2.07 bits per heavy atom. The van der Waals surface area contributed by atoms with Crippen molar-refractivity contribution in [3.05, 3.63) is 29.8 Å². The standard InChI is InChI=1S/C12H15N3/c1-2-15(12-8-14-9-12)11-5-3-10(7-13)4-6-11/h3-6,12,14H,2,8-9H2,1H3. The highest BCUT2D eigenvalue weighted by Crippen LogP contribution is 2.19. The van der Waals surface area contributed by atoms with E-state index in [1.165, 1.54) is 5.69 Å². The van der Waals surface area contributed by atoms with Crippen molar-refractivity contribution in [3.8, 4) is 6.07 Å². The Labute approximate surface area is 90.3 Å². The molecule has 0 radical (unpaired) electrons. The molecule has 1 aromatic rings. The molecular weight excluding hydrogens is 186 g/mol. The third-order valence-electron chi connectivity index (χ3n) is 2.87. The van der Waals surface area contributed by atoms with E-state index in [2.05, 4.69) is 23.2 Å². The normalized spacial score (nSPS) is 15.5. The molecule has 1 aliphatic rings. The van der Waals surface area contributed by atoms with Crippen LogP contribution in [0.5, 0.6) is 0 Å². The smallest absolute Gasteiger partial charge is 0.0991 e. The Hall–Kier alpha value is -1.53. The Kier molecular flexibility index (Phi) is 2.89. The number of rotatable bonds is 3. The van der Waals surface area contributed by atoms with E-state index in [4.69, 9.17) is 5.26 Å². The van der Waals surface area contributed by atoms with Crippen LogP contribution in [0.1, 0.15) is 12.5 Å². The van der Waals surface area contributed by atoms with E-state index in [1.807, 2.05) is 24.3 Å². The van der Waals surface area contributed by atoms with E-state index in [-0.39, 0.29) is 0 Å². The summed E-state index contributed by atoms with van der Waals surface area (Å²) in [6, 6.07) is 10.6. The fourth-order valence-corrected chi connectivity index (χ4v) is 1.87. The molecule has 3 heteroatoms. The molecule has 0 bridgehead atoms. The number of hydrogen-bond acceptors (Lipinski definition) is 3. The second-order valence-electron chi connectivity index (χ2n) is 3.76. The average Bonchev–Trinajstić information content (AvgIpc) is 2.23. The van der Waals surface area contributed by atoms with Crippen LogP contribution in [-0.2, 0) is 0 Å². The fraction of sp³-hybridized carbons (Fsp3) is 0.417. The van der Waals surface area contributed by atoms with Crippen molar-refractivity contribution in [2.75, 3.05) is 24.5 Å². The monoisotopic (exact) mass is 201 g/mol. The minimum absolute atomic E-state index is 0.614. The van der Waals surface area contributed by atoms with E-state index in [0.29, 0.717) is 6.04 Å². The van der Waals surface area contributed by atoms with Crippen molar-refractivity contribution in [1.82, 2.24) is 5.32 Å². The highest BCUT2D eigenvalue weighted by molar-refractivity contribution is 5.51. The summed E-state index contributed by atoms with van der Waals surface area (Å²) < 4.78 is 0. The summed E-state index contributed by atoms with van der Waals surface area (Å²) in [5.41, 5.74) is 1.93. The number of nitrogens with zero attached hydrogens (tertiary/aromatic N) is 2. The van der Waals surface area contributed by atoms with Crippen molar-refractivity contribution >= 4 is 5.69 Å². The molecule has 0 aliphatic carbocycles. The van der Waals surface area contributed by atoms with Gasteiger partial charge in [-0.2, -0.15) is 5.26 Å². The lowest BCUT2D eigenvalue weighted by Gasteiger charge is -2.39. The third-order valence-corrected chi connectivity index (χ3v) is 2.87. The van der Waals surface area contributed by atoms with Crippen LogP contribution in [0.3, 0.4) is 0 Å². The number of nitrogens with one attached hydrogen (secondary N) is 1. The van der Waals surface area contributed by atoms with Gasteiger partial charge < -0.3 is 10.2 Å². The molecule has 0 aromatic heterocycles. The van der Waals surface area contributed by atoms with E-state index < -0.39 is 0 Å². The predicted octanol–water partition coefficient (Wildman–Crippen LogP) is 1.36. The van der Waals surface area contributed by atoms with Crippen LogP contribution in [0.15, 0.2) is 24.3 Å². The van der Waals surface area contributed by atoms with Gasteiger partial charge in [-0.1, -0.05) is 0 Å². The SMILES string of the molecule is CCN(c1ccc(C#N)cc1)C1CNC1. The molecule has 1 aliphatic heterocycles. The van der Waals surface area contributed by atoms with Crippen LogP contribution in [0.25, 0.3) is 0 Å². The molecule has 0 saturated carbocycles. The first-order valence-corrected chi connectivity index (χ1v) is 5.32. The largest absolute Gasteiger partial charge is 0.366 e. The lowest BCUT2D eigenvalue weighted by molar-refractivity contribution is 0.417. The third kappa shape index (κ3) is 1.95. The molecule has 3 nitrogen and oxygen atoms in total. The lowest BCUT2D eigenvalue weighted by Crippen LogP contribution is -2.57. The van der Waals surface area contributed by atoms with Crippen molar-refractivity contribution in [1.29, 1.82) is 5.26 Å². The molecule has 0 amide bonds. The molecule has 1 heterocycles. The zero-order valence-electron chi connectivity index (χ0n) is 8.90. The Morgan fingerprint density at radius 3 is 2.47 bits per heavy atom. The average molecular weight is 201 g/mol. The molecule has 0 unspecified atom stereocenters. The van der Waals surface area contributed by atoms with Gasteiger partial charge in [0, 0.05) is 25.3 Å². The molecule has 0 spiro atoms. The lowest BCUT2D eigenvalue weighted by atomic mass is 10.1. The van der Waals surface area contributed by atoms with Crippen molar-refractivity contribution in [3.63, 3.8) is 0 Å². The first kappa shape index (κ1) is 10.0. The summed E-state index contributed by atoms with van der Waals surface area (Å²) >= 11 is 0.